The molecule has 0 amide bonds. The summed E-state index contributed by atoms with van der Waals surface area (Å²) < 4.78 is 0. The molecule has 0 fully saturated rings. The molecule has 1 unspecified atom stereocenters. The van der Waals surface area contributed by atoms with Gasteiger partial charge in [0.2, 0.25) is 10.7 Å². The first kappa shape index (κ1) is 21.4. The zero-order chi connectivity index (χ0) is 20.8. The van der Waals surface area contributed by atoms with E-state index in [0.29, 0.717) is 17.2 Å². The summed E-state index contributed by atoms with van der Waals surface area (Å²) in [7, 11) is 3.97. The van der Waals surface area contributed by atoms with Gasteiger partial charge in [0.05, 0.1) is 6.04 Å². The third-order valence-electron chi connectivity index (χ3n) is 4.51. The summed E-state index contributed by atoms with van der Waals surface area (Å²) in [5.74, 6) is 0.709. The van der Waals surface area contributed by atoms with Crippen LogP contribution in [0.15, 0.2) is 59.4 Å². The molecular weight excluding hydrogens is 406 g/mol. The van der Waals surface area contributed by atoms with Gasteiger partial charge in [0.15, 0.2) is 0 Å². The Hall–Kier alpha value is -2.28. The smallest absolute Gasteiger partial charge is 0.248 e. The molecule has 2 aromatic carbocycles. The van der Waals surface area contributed by atoms with E-state index in [9.17, 15) is 9.59 Å². The molecular formula is C22H24ClN3O2S. The molecule has 0 saturated carbocycles. The number of halogens is 1. The van der Waals surface area contributed by atoms with Crippen LogP contribution >= 0.6 is 23.4 Å². The third-order valence-corrected chi connectivity index (χ3v) is 5.72. The average Bonchev–Trinajstić information content (AvgIpc) is 2.68. The Balaban J connectivity index is 1.87. The predicted molar refractivity (Wildman–Crippen MR) is 123 cm³/mol. The Labute approximate surface area is 179 Å². The second kappa shape index (κ2) is 9.96. The number of pyridine rings is 1. The third kappa shape index (κ3) is 6.10. The number of hydrogen-bond acceptors (Lipinski definition) is 5. The minimum Gasteiger partial charge on any atom is -0.374 e. The van der Waals surface area contributed by atoms with Crippen LogP contribution in [0.3, 0.4) is 0 Å². The van der Waals surface area contributed by atoms with E-state index in [0.717, 1.165) is 28.7 Å². The standard InChI is InChI=1S/C22H24ClN3O2S/c1-26(2)11-12-29-22(28)20(24-17-9-7-16(23)8-10-17)13-15-14-21(27)25-19-6-4-3-5-18(15)19/h3-10,14,20,24H,11-13H2,1-2H3,(H,25,27). The molecule has 152 valence electrons. The zero-order valence-electron chi connectivity index (χ0n) is 16.4. The number of nitrogens with one attached hydrogen (secondary N) is 2. The van der Waals surface area contributed by atoms with E-state index >= 15 is 0 Å². The van der Waals surface area contributed by atoms with E-state index in [4.69, 9.17) is 11.6 Å². The van der Waals surface area contributed by atoms with Crippen molar-refractivity contribution in [2.24, 2.45) is 0 Å². The predicted octanol–water partition coefficient (Wildman–Crippen LogP) is 4.03. The van der Waals surface area contributed by atoms with Crippen LogP contribution in [0, 0.1) is 0 Å². The van der Waals surface area contributed by atoms with Gasteiger partial charge in [-0.15, -0.1) is 0 Å². The highest BCUT2D eigenvalue weighted by Gasteiger charge is 2.21. The molecule has 29 heavy (non-hydrogen) atoms. The number of thioether (sulfide) groups is 1. The summed E-state index contributed by atoms with van der Waals surface area (Å²) in [6.45, 7) is 0.817. The quantitative estimate of drug-likeness (QED) is 0.566. The fourth-order valence-electron chi connectivity index (χ4n) is 3.04. The van der Waals surface area contributed by atoms with Gasteiger partial charge in [-0.2, -0.15) is 0 Å². The van der Waals surface area contributed by atoms with E-state index in [1.54, 1.807) is 18.2 Å². The summed E-state index contributed by atoms with van der Waals surface area (Å²) in [5.41, 5.74) is 2.26. The van der Waals surface area contributed by atoms with Crippen molar-refractivity contribution < 1.29 is 4.79 Å². The second-order valence-electron chi connectivity index (χ2n) is 7.08. The number of aromatic amines is 1. The molecule has 1 atom stereocenters. The van der Waals surface area contributed by atoms with Crippen molar-refractivity contribution in [3.05, 3.63) is 75.5 Å². The van der Waals surface area contributed by atoms with Crippen LogP contribution < -0.4 is 10.9 Å². The van der Waals surface area contributed by atoms with Crippen molar-refractivity contribution in [1.82, 2.24) is 9.88 Å². The lowest BCUT2D eigenvalue weighted by Crippen LogP contribution is -2.31. The van der Waals surface area contributed by atoms with Crippen LogP contribution in [0.5, 0.6) is 0 Å². The number of fused-ring (bicyclic) bond motifs is 1. The molecule has 0 bridgehead atoms. The van der Waals surface area contributed by atoms with Gasteiger partial charge >= 0.3 is 0 Å². The number of H-pyrrole nitrogens is 1. The number of carbonyl (C=O) groups excluding carboxylic acids is 1. The second-order valence-corrected chi connectivity index (χ2v) is 8.62. The van der Waals surface area contributed by atoms with E-state index in [1.165, 1.54) is 11.8 Å². The van der Waals surface area contributed by atoms with Crippen LogP contribution in [0.4, 0.5) is 5.69 Å². The molecule has 1 heterocycles. The molecule has 0 aliphatic carbocycles. The minimum atomic E-state index is -0.464. The minimum absolute atomic E-state index is 0.0474. The number of aromatic nitrogens is 1. The van der Waals surface area contributed by atoms with Gasteiger partial charge in [-0.1, -0.05) is 41.6 Å². The number of carbonyl (C=O) groups is 1. The monoisotopic (exact) mass is 429 g/mol. The van der Waals surface area contributed by atoms with Gasteiger partial charge in [-0.3, -0.25) is 9.59 Å². The number of nitrogens with zero attached hydrogens (tertiary/aromatic N) is 1. The van der Waals surface area contributed by atoms with Crippen LogP contribution in [0.1, 0.15) is 5.56 Å². The molecule has 1 aromatic heterocycles. The van der Waals surface area contributed by atoms with Crippen molar-refractivity contribution in [2.75, 3.05) is 31.7 Å². The lowest BCUT2D eigenvalue weighted by Gasteiger charge is -2.20. The Morgan fingerprint density at radius 1 is 1.17 bits per heavy atom. The van der Waals surface area contributed by atoms with Crippen molar-refractivity contribution >= 4 is 45.1 Å². The Morgan fingerprint density at radius 2 is 1.90 bits per heavy atom. The molecule has 0 saturated heterocycles. The summed E-state index contributed by atoms with van der Waals surface area (Å²) in [5, 5.41) is 4.95. The Kier molecular flexibility index (Phi) is 7.36. The molecule has 0 spiro atoms. The molecule has 0 aliphatic rings. The molecule has 7 heteroatoms. The summed E-state index contributed by atoms with van der Waals surface area (Å²) >= 11 is 7.29. The highest BCUT2D eigenvalue weighted by molar-refractivity contribution is 8.13. The molecule has 0 aliphatic heterocycles. The van der Waals surface area contributed by atoms with Gasteiger partial charge in [0, 0.05) is 46.4 Å². The maximum absolute atomic E-state index is 13.0. The van der Waals surface area contributed by atoms with E-state index in [2.05, 4.69) is 10.3 Å². The van der Waals surface area contributed by atoms with Gasteiger partial charge in [-0.25, -0.2) is 0 Å². The molecule has 3 aromatic rings. The van der Waals surface area contributed by atoms with Crippen LogP contribution in [0.25, 0.3) is 10.9 Å². The maximum atomic E-state index is 13.0. The largest absolute Gasteiger partial charge is 0.374 e. The average molecular weight is 430 g/mol. The number of hydrogen-bond donors (Lipinski definition) is 2. The van der Waals surface area contributed by atoms with Crippen molar-refractivity contribution in [1.29, 1.82) is 0 Å². The summed E-state index contributed by atoms with van der Waals surface area (Å²) in [6, 6.07) is 16.0. The van der Waals surface area contributed by atoms with Crippen LogP contribution in [-0.4, -0.2) is 47.4 Å². The first-order chi connectivity index (χ1) is 13.9. The number of benzene rings is 2. The van der Waals surface area contributed by atoms with Gasteiger partial charge in [-0.05, 0) is 50.0 Å². The summed E-state index contributed by atoms with van der Waals surface area (Å²) in [4.78, 5) is 30.0. The van der Waals surface area contributed by atoms with Crippen LogP contribution in [-0.2, 0) is 11.2 Å². The number of para-hydroxylation sites is 1. The molecule has 2 N–H and O–H groups in total. The fraction of sp³-hybridized carbons (Fsp3) is 0.273. The van der Waals surface area contributed by atoms with Crippen LogP contribution in [0.2, 0.25) is 5.02 Å². The Morgan fingerprint density at radius 3 is 2.62 bits per heavy atom. The fourth-order valence-corrected chi connectivity index (χ4v) is 4.16. The normalized spacial score (nSPS) is 12.3. The number of rotatable bonds is 8. The van der Waals surface area contributed by atoms with E-state index in [1.807, 2.05) is 55.4 Å². The SMILES string of the molecule is CN(C)CCSC(=O)C(Cc1cc(=O)[nH]c2ccccc12)Nc1ccc(Cl)cc1. The van der Waals surface area contributed by atoms with Crippen molar-refractivity contribution in [2.45, 2.75) is 12.5 Å². The maximum Gasteiger partial charge on any atom is 0.248 e. The van der Waals surface area contributed by atoms with Gasteiger partial charge in [0.1, 0.15) is 0 Å². The first-order valence-electron chi connectivity index (χ1n) is 9.37. The molecule has 3 rings (SSSR count). The Bertz CT molecular complexity index is 1030. The first-order valence-corrected chi connectivity index (χ1v) is 10.7. The number of anilines is 1. The molecule has 5 nitrogen and oxygen atoms in total. The van der Waals surface area contributed by atoms with Crippen molar-refractivity contribution in [3.8, 4) is 0 Å². The van der Waals surface area contributed by atoms with Gasteiger partial charge in [0.25, 0.3) is 0 Å². The lowest BCUT2D eigenvalue weighted by molar-refractivity contribution is -0.111. The van der Waals surface area contributed by atoms with E-state index in [-0.39, 0.29) is 10.7 Å². The lowest BCUT2D eigenvalue weighted by atomic mass is 10.0. The summed E-state index contributed by atoms with van der Waals surface area (Å²) in [6.07, 6.45) is 0.418. The highest BCUT2D eigenvalue weighted by atomic mass is 35.5. The molecule has 0 radical (unpaired) electrons. The zero-order valence-corrected chi connectivity index (χ0v) is 18.0. The highest BCUT2D eigenvalue weighted by Crippen LogP contribution is 2.22. The van der Waals surface area contributed by atoms with Gasteiger partial charge < -0.3 is 15.2 Å². The van der Waals surface area contributed by atoms with E-state index < -0.39 is 6.04 Å². The van der Waals surface area contributed by atoms with Crippen molar-refractivity contribution in [3.63, 3.8) is 0 Å². The topological polar surface area (TPSA) is 65.2 Å².